The first-order valence-corrected chi connectivity index (χ1v) is 9.29. The van der Waals surface area contributed by atoms with Crippen molar-refractivity contribution < 1.29 is 14.3 Å². The highest BCUT2D eigenvalue weighted by atomic mass is 32.1. The monoisotopic (exact) mass is 357 g/mol. The Labute approximate surface area is 147 Å². The summed E-state index contributed by atoms with van der Waals surface area (Å²) < 4.78 is 10.7. The SMILES string of the molecule is O=C(c1ccc2c(c1)OCO2)N(Cc1cccs1)Cc1cccs1. The average Bonchev–Trinajstić information content (AvgIpc) is 3.35. The zero-order chi connectivity index (χ0) is 16.4. The summed E-state index contributed by atoms with van der Waals surface area (Å²) in [6, 6.07) is 13.5. The molecule has 0 aliphatic carbocycles. The topological polar surface area (TPSA) is 38.8 Å². The summed E-state index contributed by atoms with van der Waals surface area (Å²) in [4.78, 5) is 17.2. The summed E-state index contributed by atoms with van der Waals surface area (Å²) in [5, 5.41) is 4.06. The second-order valence-corrected chi connectivity index (χ2v) is 7.45. The number of carbonyl (C=O) groups excluding carboxylic acids is 1. The third kappa shape index (κ3) is 3.16. The molecule has 1 amide bonds. The molecule has 0 fully saturated rings. The molecule has 0 radical (unpaired) electrons. The van der Waals surface area contributed by atoms with Crippen LogP contribution in [-0.4, -0.2) is 17.6 Å². The van der Waals surface area contributed by atoms with Gasteiger partial charge in [0.15, 0.2) is 11.5 Å². The van der Waals surface area contributed by atoms with Crippen molar-refractivity contribution in [2.45, 2.75) is 13.1 Å². The van der Waals surface area contributed by atoms with Crippen molar-refractivity contribution in [1.82, 2.24) is 4.90 Å². The number of benzene rings is 1. The van der Waals surface area contributed by atoms with Gasteiger partial charge in [0.05, 0.1) is 13.1 Å². The number of nitrogens with zero attached hydrogens (tertiary/aromatic N) is 1. The molecule has 0 bridgehead atoms. The fraction of sp³-hybridized carbons (Fsp3) is 0.167. The van der Waals surface area contributed by atoms with Gasteiger partial charge in [-0.15, -0.1) is 22.7 Å². The van der Waals surface area contributed by atoms with E-state index in [4.69, 9.17) is 9.47 Å². The van der Waals surface area contributed by atoms with Crippen LogP contribution in [0.3, 0.4) is 0 Å². The fourth-order valence-corrected chi connectivity index (χ4v) is 4.03. The lowest BCUT2D eigenvalue weighted by molar-refractivity contribution is 0.0733. The molecule has 1 aliphatic heterocycles. The quantitative estimate of drug-likeness (QED) is 0.680. The first kappa shape index (κ1) is 15.2. The highest BCUT2D eigenvalue weighted by molar-refractivity contribution is 7.10. The van der Waals surface area contributed by atoms with E-state index in [1.54, 1.807) is 40.9 Å². The number of rotatable bonds is 5. The lowest BCUT2D eigenvalue weighted by atomic mass is 10.1. The molecule has 122 valence electrons. The van der Waals surface area contributed by atoms with Crippen LogP contribution in [0.15, 0.2) is 53.2 Å². The maximum Gasteiger partial charge on any atom is 0.254 e. The number of carbonyl (C=O) groups is 1. The number of hydrogen-bond donors (Lipinski definition) is 0. The highest BCUT2D eigenvalue weighted by Gasteiger charge is 2.21. The third-order valence-electron chi connectivity index (χ3n) is 3.76. The largest absolute Gasteiger partial charge is 0.454 e. The first-order valence-electron chi connectivity index (χ1n) is 7.53. The number of amides is 1. The van der Waals surface area contributed by atoms with Crippen molar-refractivity contribution >= 4 is 28.6 Å². The lowest BCUT2D eigenvalue weighted by Crippen LogP contribution is -2.29. The van der Waals surface area contributed by atoms with Crippen LogP contribution in [-0.2, 0) is 13.1 Å². The minimum Gasteiger partial charge on any atom is -0.454 e. The third-order valence-corrected chi connectivity index (χ3v) is 5.48. The van der Waals surface area contributed by atoms with Gasteiger partial charge < -0.3 is 14.4 Å². The second-order valence-electron chi connectivity index (χ2n) is 5.39. The molecule has 0 saturated heterocycles. The molecule has 0 spiro atoms. The van der Waals surface area contributed by atoms with Crippen LogP contribution in [0.1, 0.15) is 20.1 Å². The second kappa shape index (κ2) is 6.67. The molecule has 0 unspecified atom stereocenters. The molecular weight excluding hydrogens is 342 g/mol. The Morgan fingerprint density at radius 2 is 1.62 bits per heavy atom. The Hall–Kier alpha value is -2.31. The zero-order valence-corrected chi connectivity index (χ0v) is 14.4. The van der Waals surface area contributed by atoms with Gasteiger partial charge >= 0.3 is 0 Å². The zero-order valence-electron chi connectivity index (χ0n) is 12.8. The van der Waals surface area contributed by atoms with E-state index >= 15 is 0 Å². The molecule has 3 heterocycles. The van der Waals surface area contributed by atoms with Gasteiger partial charge in [0.25, 0.3) is 5.91 Å². The summed E-state index contributed by atoms with van der Waals surface area (Å²) in [6.45, 7) is 1.41. The van der Waals surface area contributed by atoms with E-state index in [0.29, 0.717) is 30.2 Å². The average molecular weight is 357 g/mol. The molecular formula is C18H15NO3S2. The van der Waals surface area contributed by atoms with Crippen LogP contribution in [0.2, 0.25) is 0 Å². The maximum atomic E-state index is 13.0. The van der Waals surface area contributed by atoms with Crippen molar-refractivity contribution in [2.24, 2.45) is 0 Å². The number of fused-ring (bicyclic) bond motifs is 1. The van der Waals surface area contributed by atoms with Gasteiger partial charge in [-0.25, -0.2) is 0 Å². The van der Waals surface area contributed by atoms with Gasteiger partial charge in [-0.1, -0.05) is 12.1 Å². The molecule has 1 aliphatic rings. The molecule has 3 aromatic rings. The van der Waals surface area contributed by atoms with Crippen LogP contribution in [0.4, 0.5) is 0 Å². The van der Waals surface area contributed by atoms with E-state index in [2.05, 4.69) is 12.1 Å². The van der Waals surface area contributed by atoms with Gasteiger partial charge in [0, 0.05) is 15.3 Å². The number of thiophene rings is 2. The molecule has 0 atom stereocenters. The minimum atomic E-state index is -0.00454. The molecule has 4 nitrogen and oxygen atoms in total. The molecule has 6 heteroatoms. The van der Waals surface area contributed by atoms with E-state index in [-0.39, 0.29) is 12.7 Å². The normalized spacial score (nSPS) is 12.3. The standard InChI is InChI=1S/C18H15NO3S2/c20-18(13-5-6-16-17(9-13)22-12-21-16)19(10-14-3-1-7-23-14)11-15-4-2-8-24-15/h1-9H,10-12H2. The van der Waals surface area contributed by atoms with Gasteiger partial charge in [-0.2, -0.15) is 0 Å². The van der Waals surface area contributed by atoms with E-state index < -0.39 is 0 Å². The Kier molecular flexibility index (Phi) is 4.23. The van der Waals surface area contributed by atoms with Crippen molar-refractivity contribution in [2.75, 3.05) is 6.79 Å². The van der Waals surface area contributed by atoms with Gasteiger partial charge in [-0.05, 0) is 41.1 Å². The molecule has 24 heavy (non-hydrogen) atoms. The summed E-state index contributed by atoms with van der Waals surface area (Å²) in [6.07, 6.45) is 0. The molecule has 0 N–H and O–H groups in total. The van der Waals surface area contributed by atoms with Crippen LogP contribution < -0.4 is 9.47 Å². The van der Waals surface area contributed by atoms with Crippen LogP contribution in [0.25, 0.3) is 0 Å². The summed E-state index contributed by atoms with van der Waals surface area (Å²) in [7, 11) is 0. The summed E-state index contributed by atoms with van der Waals surface area (Å²) in [5.41, 5.74) is 0.618. The molecule has 1 aromatic carbocycles. The van der Waals surface area contributed by atoms with E-state index in [9.17, 15) is 4.79 Å². The van der Waals surface area contributed by atoms with E-state index in [0.717, 1.165) is 0 Å². The van der Waals surface area contributed by atoms with Crippen LogP contribution in [0.5, 0.6) is 11.5 Å². The lowest BCUT2D eigenvalue weighted by Gasteiger charge is -2.22. The molecule has 2 aromatic heterocycles. The Morgan fingerprint density at radius 3 is 2.25 bits per heavy atom. The number of ether oxygens (including phenoxy) is 2. The summed E-state index contributed by atoms with van der Waals surface area (Å²) >= 11 is 3.32. The van der Waals surface area contributed by atoms with E-state index in [1.165, 1.54) is 9.75 Å². The number of hydrogen-bond acceptors (Lipinski definition) is 5. The van der Waals surface area contributed by atoms with Crippen LogP contribution >= 0.6 is 22.7 Å². The summed E-state index contributed by atoms with van der Waals surface area (Å²) in [5.74, 6) is 1.32. The van der Waals surface area contributed by atoms with Gasteiger partial charge in [0.2, 0.25) is 6.79 Å². The smallest absolute Gasteiger partial charge is 0.254 e. The highest BCUT2D eigenvalue weighted by Crippen LogP contribution is 2.33. The van der Waals surface area contributed by atoms with Crippen molar-refractivity contribution in [3.8, 4) is 11.5 Å². The van der Waals surface area contributed by atoms with Crippen molar-refractivity contribution in [3.63, 3.8) is 0 Å². The van der Waals surface area contributed by atoms with Gasteiger partial charge in [0.1, 0.15) is 0 Å². The van der Waals surface area contributed by atoms with Crippen molar-refractivity contribution in [3.05, 3.63) is 68.5 Å². The minimum absolute atomic E-state index is 0.00454. The molecule has 0 saturated carbocycles. The van der Waals surface area contributed by atoms with Gasteiger partial charge in [-0.3, -0.25) is 4.79 Å². The molecule has 4 rings (SSSR count). The van der Waals surface area contributed by atoms with E-state index in [1.807, 2.05) is 27.8 Å². The predicted octanol–water partition coefficient (Wildman–Crippen LogP) is 4.38. The Balaban J connectivity index is 1.60. The Bertz CT molecular complexity index is 792. The predicted molar refractivity (Wildman–Crippen MR) is 94.8 cm³/mol. The Morgan fingerprint density at radius 1 is 0.958 bits per heavy atom. The fourth-order valence-electron chi connectivity index (χ4n) is 2.59. The maximum absolute atomic E-state index is 13.0. The van der Waals surface area contributed by atoms with Crippen molar-refractivity contribution in [1.29, 1.82) is 0 Å². The first-order chi connectivity index (χ1) is 11.8. The van der Waals surface area contributed by atoms with Crippen LogP contribution in [0, 0.1) is 0 Å².